The smallest absolute Gasteiger partial charge is 0.126 e. The molecule has 1 aromatic rings. The molecule has 3 nitrogen and oxygen atoms in total. The zero-order valence-corrected chi connectivity index (χ0v) is 13.8. The van der Waals surface area contributed by atoms with Gasteiger partial charge in [0.1, 0.15) is 5.82 Å². The molecule has 1 saturated heterocycles. The molecule has 0 saturated carbocycles. The van der Waals surface area contributed by atoms with Crippen molar-refractivity contribution in [2.75, 3.05) is 25.5 Å². The first-order valence-electron chi connectivity index (χ1n) is 8.07. The summed E-state index contributed by atoms with van der Waals surface area (Å²) in [5, 5.41) is 3.49. The number of aromatic nitrogens is 1. The van der Waals surface area contributed by atoms with Crippen LogP contribution in [0.5, 0.6) is 0 Å². The number of pyridine rings is 1. The molecule has 0 spiro atoms. The van der Waals surface area contributed by atoms with Gasteiger partial charge < -0.3 is 10.2 Å². The van der Waals surface area contributed by atoms with Crippen molar-refractivity contribution in [1.29, 1.82) is 0 Å². The van der Waals surface area contributed by atoms with E-state index in [9.17, 15) is 0 Å². The van der Waals surface area contributed by atoms with Crippen molar-refractivity contribution in [2.45, 2.75) is 58.9 Å². The van der Waals surface area contributed by atoms with E-state index >= 15 is 0 Å². The van der Waals surface area contributed by atoms with E-state index in [2.05, 4.69) is 48.2 Å². The Hall–Kier alpha value is -1.09. The van der Waals surface area contributed by atoms with Crippen molar-refractivity contribution in [1.82, 2.24) is 9.88 Å². The van der Waals surface area contributed by atoms with Gasteiger partial charge in [-0.1, -0.05) is 34.1 Å². The molecule has 1 N–H and O–H groups in total. The summed E-state index contributed by atoms with van der Waals surface area (Å²) in [6.07, 6.45) is 5.90. The highest BCUT2D eigenvalue weighted by molar-refractivity contribution is 5.38. The van der Waals surface area contributed by atoms with Crippen molar-refractivity contribution < 1.29 is 0 Å². The molecule has 1 aliphatic rings. The molecule has 1 fully saturated rings. The van der Waals surface area contributed by atoms with Gasteiger partial charge in [-0.15, -0.1) is 0 Å². The van der Waals surface area contributed by atoms with Crippen LogP contribution in [0.25, 0.3) is 0 Å². The second-order valence-corrected chi connectivity index (χ2v) is 5.64. The van der Waals surface area contributed by atoms with Crippen LogP contribution in [0.2, 0.25) is 0 Å². The van der Waals surface area contributed by atoms with Crippen LogP contribution in [0.3, 0.4) is 0 Å². The molecule has 114 valence electrons. The lowest BCUT2D eigenvalue weighted by Crippen LogP contribution is -2.40. The van der Waals surface area contributed by atoms with Gasteiger partial charge in [0.2, 0.25) is 0 Å². The minimum absolute atomic E-state index is 0.561. The predicted octanol–water partition coefficient (Wildman–Crippen LogP) is 4.13. The number of likely N-dealkylation sites (N-methyl/N-ethyl adjacent to an activating group) is 1. The molecule has 0 aliphatic carbocycles. The Morgan fingerprint density at radius 3 is 2.75 bits per heavy atom. The van der Waals surface area contributed by atoms with E-state index in [1.807, 2.05) is 20.0 Å². The Kier molecular flexibility index (Phi) is 7.60. The highest BCUT2D eigenvalue weighted by atomic mass is 15.2. The molecule has 1 atom stereocenters. The Morgan fingerprint density at radius 1 is 1.35 bits per heavy atom. The summed E-state index contributed by atoms with van der Waals surface area (Å²) in [6.45, 7) is 10.7. The van der Waals surface area contributed by atoms with E-state index in [1.54, 1.807) is 0 Å². The fraction of sp³-hybridized carbons (Fsp3) is 0.706. The number of anilines is 1. The van der Waals surface area contributed by atoms with Crippen LogP contribution in [-0.4, -0.2) is 36.1 Å². The Balaban J connectivity index is 0.000000956. The third kappa shape index (κ3) is 5.12. The number of hydrogen-bond acceptors (Lipinski definition) is 3. The molecule has 0 amide bonds. The molecule has 1 aliphatic heterocycles. The Morgan fingerprint density at radius 2 is 2.10 bits per heavy atom. The van der Waals surface area contributed by atoms with Crippen LogP contribution in [0.4, 0.5) is 5.82 Å². The van der Waals surface area contributed by atoms with Gasteiger partial charge in [0.25, 0.3) is 0 Å². The number of nitrogens with zero attached hydrogens (tertiary/aromatic N) is 2. The third-order valence-corrected chi connectivity index (χ3v) is 3.89. The highest BCUT2D eigenvalue weighted by Gasteiger charge is 2.18. The molecule has 1 unspecified atom stereocenters. The van der Waals surface area contributed by atoms with Crippen LogP contribution >= 0.6 is 0 Å². The summed E-state index contributed by atoms with van der Waals surface area (Å²) >= 11 is 0. The Labute approximate surface area is 124 Å². The Bertz CT molecular complexity index is 376. The highest BCUT2D eigenvalue weighted by Crippen LogP contribution is 2.18. The fourth-order valence-electron chi connectivity index (χ4n) is 2.53. The van der Waals surface area contributed by atoms with Gasteiger partial charge in [0.15, 0.2) is 0 Å². The van der Waals surface area contributed by atoms with Crippen molar-refractivity contribution in [3.05, 3.63) is 23.9 Å². The fourth-order valence-corrected chi connectivity index (χ4v) is 2.53. The first-order valence-corrected chi connectivity index (χ1v) is 8.07. The maximum Gasteiger partial charge on any atom is 0.126 e. The first kappa shape index (κ1) is 17.0. The van der Waals surface area contributed by atoms with Crippen LogP contribution in [0.1, 0.15) is 58.4 Å². The van der Waals surface area contributed by atoms with Gasteiger partial charge >= 0.3 is 0 Å². The SMILES string of the molecule is CC.CC(C)c1ccnc(NCC2CCCCN2C)c1. The van der Waals surface area contributed by atoms with E-state index in [-0.39, 0.29) is 0 Å². The summed E-state index contributed by atoms with van der Waals surface area (Å²) in [5.41, 5.74) is 1.35. The van der Waals surface area contributed by atoms with Crippen molar-refractivity contribution >= 4 is 5.82 Å². The van der Waals surface area contributed by atoms with Crippen molar-refractivity contribution in [3.63, 3.8) is 0 Å². The molecular formula is C17H31N3. The summed E-state index contributed by atoms with van der Waals surface area (Å²) in [4.78, 5) is 6.86. The molecule has 0 bridgehead atoms. The summed E-state index contributed by atoms with van der Waals surface area (Å²) in [5.74, 6) is 1.58. The monoisotopic (exact) mass is 277 g/mol. The zero-order chi connectivity index (χ0) is 15.0. The zero-order valence-electron chi connectivity index (χ0n) is 13.8. The van der Waals surface area contributed by atoms with Crippen LogP contribution < -0.4 is 5.32 Å². The molecule has 0 aromatic carbocycles. The van der Waals surface area contributed by atoms with Crippen LogP contribution in [-0.2, 0) is 0 Å². The number of hydrogen-bond donors (Lipinski definition) is 1. The number of piperidine rings is 1. The van der Waals surface area contributed by atoms with E-state index in [0.29, 0.717) is 12.0 Å². The number of nitrogens with one attached hydrogen (secondary N) is 1. The predicted molar refractivity (Wildman–Crippen MR) is 88.4 cm³/mol. The number of likely N-dealkylation sites (tertiary alicyclic amines) is 1. The quantitative estimate of drug-likeness (QED) is 0.897. The average Bonchev–Trinajstić information content (AvgIpc) is 2.49. The molecule has 2 heterocycles. The van der Waals surface area contributed by atoms with Gasteiger partial charge in [-0.05, 0) is 50.0 Å². The topological polar surface area (TPSA) is 28.2 Å². The lowest BCUT2D eigenvalue weighted by Gasteiger charge is -2.32. The lowest BCUT2D eigenvalue weighted by atomic mass is 10.0. The second-order valence-electron chi connectivity index (χ2n) is 5.64. The van der Waals surface area contributed by atoms with Gasteiger partial charge in [-0.25, -0.2) is 4.98 Å². The van der Waals surface area contributed by atoms with E-state index in [0.717, 1.165) is 12.4 Å². The molecule has 1 aromatic heterocycles. The van der Waals surface area contributed by atoms with E-state index in [4.69, 9.17) is 0 Å². The average molecular weight is 277 g/mol. The van der Waals surface area contributed by atoms with Gasteiger partial charge in [-0.2, -0.15) is 0 Å². The van der Waals surface area contributed by atoms with E-state index < -0.39 is 0 Å². The lowest BCUT2D eigenvalue weighted by molar-refractivity contribution is 0.194. The second kappa shape index (κ2) is 8.96. The van der Waals surface area contributed by atoms with Gasteiger partial charge in [0.05, 0.1) is 0 Å². The minimum Gasteiger partial charge on any atom is -0.368 e. The van der Waals surface area contributed by atoms with Crippen molar-refractivity contribution in [2.24, 2.45) is 0 Å². The summed E-state index contributed by atoms with van der Waals surface area (Å²) in [7, 11) is 2.23. The third-order valence-electron chi connectivity index (χ3n) is 3.89. The number of rotatable bonds is 4. The van der Waals surface area contributed by atoms with E-state index in [1.165, 1.54) is 31.4 Å². The largest absolute Gasteiger partial charge is 0.368 e. The standard InChI is InChI=1S/C15H25N3.C2H6/c1-12(2)13-7-8-16-15(10-13)17-11-14-6-4-5-9-18(14)3;1-2/h7-8,10,12,14H,4-6,9,11H2,1-3H3,(H,16,17);1-2H3. The summed E-state index contributed by atoms with van der Waals surface area (Å²) in [6, 6.07) is 4.93. The maximum atomic E-state index is 4.40. The molecule has 20 heavy (non-hydrogen) atoms. The van der Waals surface area contributed by atoms with Crippen molar-refractivity contribution in [3.8, 4) is 0 Å². The molecule has 3 heteroatoms. The maximum absolute atomic E-state index is 4.40. The molecular weight excluding hydrogens is 246 g/mol. The van der Waals surface area contributed by atoms with Crippen LogP contribution in [0, 0.1) is 0 Å². The first-order chi connectivity index (χ1) is 9.66. The molecule has 0 radical (unpaired) electrons. The normalized spacial score (nSPS) is 19.4. The van der Waals surface area contributed by atoms with Gasteiger partial charge in [0, 0.05) is 18.8 Å². The van der Waals surface area contributed by atoms with Gasteiger partial charge in [-0.3, -0.25) is 0 Å². The minimum atomic E-state index is 0.561. The molecule has 2 rings (SSSR count). The van der Waals surface area contributed by atoms with Crippen LogP contribution in [0.15, 0.2) is 18.3 Å². The summed E-state index contributed by atoms with van der Waals surface area (Å²) < 4.78 is 0.